The van der Waals surface area contributed by atoms with Gasteiger partial charge in [-0.1, -0.05) is 24.3 Å². The summed E-state index contributed by atoms with van der Waals surface area (Å²) in [6.45, 7) is 3.32. The van der Waals surface area contributed by atoms with Crippen molar-refractivity contribution >= 4 is 11.5 Å². The summed E-state index contributed by atoms with van der Waals surface area (Å²) in [6, 6.07) is 16.6. The van der Waals surface area contributed by atoms with Crippen LogP contribution in [0, 0.1) is 11.6 Å². The molecular formula is C23H22F2N6O. The van der Waals surface area contributed by atoms with Gasteiger partial charge in [-0.05, 0) is 42.0 Å². The average molecular weight is 436 g/mol. The van der Waals surface area contributed by atoms with E-state index in [1.54, 1.807) is 42.5 Å². The van der Waals surface area contributed by atoms with Gasteiger partial charge in [0.1, 0.15) is 17.5 Å². The molecule has 0 spiro atoms. The quantitative estimate of drug-likeness (QED) is 0.499. The SMILES string of the molecule is Fc1cccc(C(CNc2ccc3nnc(-c4ccccc4F)n3n2)N2CCOCC2)c1. The summed E-state index contributed by atoms with van der Waals surface area (Å²) in [5.74, 6) is 0.265. The van der Waals surface area contributed by atoms with E-state index in [4.69, 9.17) is 4.74 Å². The van der Waals surface area contributed by atoms with Crippen LogP contribution in [0.15, 0.2) is 60.7 Å². The van der Waals surface area contributed by atoms with Crippen molar-refractivity contribution in [2.24, 2.45) is 0 Å². The molecule has 0 saturated carbocycles. The van der Waals surface area contributed by atoms with Gasteiger partial charge in [0.05, 0.1) is 24.8 Å². The largest absolute Gasteiger partial charge is 0.379 e. The van der Waals surface area contributed by atoms with Crippen molar-refractivity contribution in [3.63, 3.8) is 0 Å². The molecule has 9 heteroatoms. The van der Waals surface area contributed by atoms with Crippen LogP contribution in [0.4, 0.5) is 14.6 Å². The van der Waals surface area contributed by atoms with Crippen LogP contribution in [0.25, 0.3) is 17.0 Å². The third-order valence-electron chi connectivity index (χ3n) is 5.57. The Hall–Kier alpha value is -3.43. The summed E-state index contributed by atoms with van der Waals surface area (Å²) < 4.78 is 35.2. The topological polar surface area (TPSA) is 67.6 Å². The fourth-order valence-electron chi connectivity index (χ4n) is 3.96. The number of benzene rings is 2. The lowest BCUT2D eigenvalue weighted by Crippen LogP contribution is -2.41. The lowest BCUT2D eigenvalue weighted by atomic mass is 10.0. The molecule has 2 aromatic heterocycles. The normalized spacial score (nSPS) is 15.7. The number of morpholine rings is 1. The first-order valence-corrected chi connectivity index (χ1v) is 10.5. The zero-order chi connectivity index (χ0) is 21.9. The highest BCUT2D eigenvalue weighted by Crippen LogP contribution is 2.24. The van der Waals surface area contributed by atoms with Crippen molar-refractivity contribution in [3.8, 4) is 11.4 Å². The van der Waals surface area contributed by atoms with Crippen molar-refractivity contribution in [2.45, 2.75) is 6.04 Å². The van der Waals surface area contributed by atoms with Crippen molar-refractivity contribution in [3.05, 3.63) is 77.9 Å². The predicted molar refractivity (Wildman–Crippen MR) is 116 cm³/mol. The molecule has 1 N–H and O–H groups in total. The predicted octanol–water partition coefficient (Wildman–Crippen LogP) is 3.55. The van der Waals surface area contributed by atoms with Gasteiger partial charge in [0.25, 0.3) is 0 Å². The minimum atomic E-state index is -0.388. The molecule has 1 aliphatic heterocycles. The van der Waals surface area contributed by atoms with Crippen LogP contribution in [0.5, 0.6) is 0 Å². The van der Waals surface area contributed by atoms with Crippen LogP contribution in [-0.4, -0.2) is 57.6 Å². The number of aromatic nitrogens is 4. The second-order valence-electron chi connectivity index (χ2n) is 7.59. The van der Waals surface area contributed by atoms with E-state index in [9.17, 15) is 8.78 Å². The molecule has 1 aliphatic rings. The Bertz CT molecular complexity index is 1220. The molecule has 7 nitrogen and oxygen atoms in total. The fourth-order valence-corrected chi connectivity index (χ4v) is 3.96. The van der Waals surface area contributed by atoms with E-state index in [0.717, 1.165) is 18.7 Å². The zero-order valence-corrected chi connectivity index (χ0v) is 17.3. The number of halogens is 2. The van der Waals surface area contributed by atoms with E-state index in [0.29, 0.717) is 42.6 Å². The molecule has 4 aromatic rings. The molecule has 5 rings (SSSR count). The molecule has 1 fully saturated rings. The lowest BCUT2D eigenvalue weighted by molar-refractivity contribution is 0.0186. The van der Waals surface area contributed by atoms with Gasteiger partial charge in [-0.25, -0.2) is 8.78 Å². The second kappa shape index (κ2) is 8.97. The third-order valence-corrected chi connectivity index (χ3v) is 5.57. The van der Waals surface area contributed by atoms with Gasteiger partial charge in [-0.2, -0.15) is 4.52 Å². The van der Waals surface area contributed by atoms with E-state index in [1.165, 1.54) is 16.6 Å². The maximum absolute atomic E-state index is 14.3. The Kier molecular flexibility index (Phi) is 5.74. The number of hydrogen-bond acceptors (Lipinski definition) is 6. The number of anilines is 1. The van der Waals surface area contributed by atoms with E-state index in [2.05, 4.69) is 25.5 Å². The lowest BCUT2D eigenvalue weighted by Gasteiger charge is -2.35. The molecule has 0 amide bonds. The number of rotatable bonds is 6. The summed E-state index contributed by atoms with van der Waals surface area (Å²) in [7, 11) is 0. The summed E-state index contributed by atoms with van der Waals surface area (Å²) >= 11 is 0. The van der Waals surface area contributed by atoms with Crippen molar-refractivity contribution in [1.82, 2.24) is 24.7 Å². The van der Waals surface area contributed by atoms with Crippen LogP contribution < -0.4 is 5.32 Å². The standard InChI is InChI=1S/C23H22F2N6O/c24-17-5-3-4-16(14-17)20(30-10-12-32-13-11-30)15-26-21-8-9-22-27-28-23(31(22)29-21)18-6-1-2-7-19(18)25/h1-9,14,20H,10-13,15H2,(H,26,29). The van der Waals surface area contributed by atoms with Crippen LogP contribution in [0.2, 0.25) is 0 Å². The van der Waals surface area contributed by atoms with Crippen LogP contribution in [-0.2, 0) is 4.74 Å². The number of ether oxygens (including phenoxy) is 1. The molecule has 0 bridgehead atoms. The van der Waals surface area contributed by atoms with Crippen molar-refractivity contribution < 1.29 is 13.5 Å². The number of nitrogens with one attached hydrogen (secondary N) is 1. The van der Waals surface area contributed by atoms with E-state index in [1.807, 2.05) is 6.07 Å². The van der Waals surface area contributed by atoms with Gasteiger partial charge < -0.3 is 10.1 Å². The van der Waals surface area contributed by atoms with Crippen LogP contribution >= 0.6 is 0 Å². The highest BCUT2D eigenvalue weighted by molar-refractivity contribution is 5.60. The Morgan fingerprint density at radius 2 is 1.81 bits per heavy atom. The smallest absolute Gasteiger partial charge is 0.188 e. The van der Waals surface area contributed by atoms with E-state index >= 15 is 0 Å². The molecule has 0 radical (unpaired) electrons. The van der Waals surface area contributed by atoms with Gasteiger partial charge >= 0.3 is 0 Å². The van der Waals surface area contributed by atoms with Gasteiger partial charge in [0.2, 0.25) is 0 Å². The Morgan fingerprint density at radius 1 is 0.969 bits per heavy atom. The molecule has 1 saturated heterocycles. The maximum Gasteiger partial charge on any atom is 0.188 e. The van der Waals surface area contributed by atoms with Gasteiger partial charge in [-0.3, -0.25) is 4.90 Å². The van der Waals surface area contributed by atoms with Gasteiger partial charge in [0, 0.05) is 19.6 Å². The minimum absolute atomic E-state index is 0.0564. The fraction of sp³-hybridized carbons (Fsp3) is 0.261. The zero-order valence-electron chi connectivity index (χ0n) is 17.3. The second-order valence-corrected chi connectivity index (χ2v) is 7.59. The summed E-state index contributed by atoms with van der Waals surface area (Å²) in [5.41, 5.74) is 1.73. The van der Waals surface area contributed by atoms with Crippen molar-refractivity contribution in [1.29, 1.82) is 0 Å². The highest BCUT2D eigenvalue weighted by atomic mass is 19.1. The van der Waals surface area contributed by atoms with Gasteiger partial charge in [-0.15, -0.1) is 15.3 Å². The van der Waals surface area contributed by atoms with E-state index < -0.39 is 0 Å². The molecule has 1 unspecified atom stereocenters. The first-order chi connectivity index (χ1) is 15.7. The van der Waals surface area contributed by atoms with Crippen molar-refractivity contribution in [2.75, 3.05) is 38.2 Å². The molecule has 2 aromatic carbocycles. The summed E-state index contributed by atoms with van der Waals surface area (Å²) in [5, 5.41) is 16.1. The molecular weight excluding hydrogens is 414 g/mol. The number of hydrogen-bond donors (Lipinski definition) is 1. The maximum atomic E-state index is 14.3. The van der Waals surface area contributed by atoms with E-state index in [-0.39, 0.29) is 17.7 Å². The Labute approximate surface area is 183 Å². The molecule has 1 atom stereocenters. The molecule has 164 valence electrons. The number of nitrogens with zero attached hydrogens (tertiary/aromatic N) is 5. The molecule has 0 aliphatic carbocycles. The minimum Gasteiger partial charge on any atom is -0.379 e. The monoisotopic (exact) mass is 436 g/mol. The number of fused-ring (bicyclic) bond motifs is 1. The molecule has 32 heavy (non-hydrogen) atoms. The summed E-state index contributed by atoms with van der Waals surface area (Å²) in [6.07, 6.45) is 0. The van der Waals surface area contributed by atoms with Crippen LogP contribution in [0.1, 0.15) is 11.6 Å². The summed E-state index contributed by atoms with van der Waals surface area (Å²) in [4.78, 5) is 2.27. The third kappa shape index (κ3) is 4.17. The Morgan fingerprint density at radius 3 is 2.62 bits per heavy atom. The average Bonchev–Trinajstić information content (AvgIpc) is 3.23. The Balaban J connectivity index is 1.42. The molecule has 3 heterocycles. The van der Waals surface area contributed by atoms with Crippen LogP contribution in [0.3, 0.4) is 0 Å². The first-order valence-electron chi connectivity index (χ1n) is 10.5. The first kappa shape index (κ1) is 20.5. The highest BCUT2D eigenvalue weighted by Gasteiger charge is 2.23. The van der Waals surface area contributed by atoms with Gasteiger partial charge in [0.15, 0.2) is 11.5 Å².